The molecule has 0 unspecified atom stereocenters. The van der Waals surface area contributed by atoms with Crippen molar-refractivity contribution in [2.24, 2.45) is 5.73 Å². The molecule has 25 heavy (non-hydrogen) atoms. The first-order valence-corrected chi connectivity index (χ1v) is 8.06. The molecule has 0 bridgehead atoms. The molecule has 1 aliphatic rings. The van der Waals surface area contributed by atoms with Crippen LogP contribution >= 0.6 is 0 Å². The van der Waals surface area contributed by atoms with E-state index < -0.39 is 5.91 Å². The van der Waals surface area contributed by atoms with E-state index in [0.29, 0.717) is 5.56 Å². The van der Waals surface area contributed by atoms with E-state index in [0.717, 1.165) is 45.5 Å². The molecule has 0 spiro atoms. The normalized spacial score (nSPS) is 12.2. The van der Waals surface area contributed by atoms with Gasteiger partial charge in [-0.05, 0) is 40.8 Å². The molecule has 5 nitrogen and oxygen atoms in total. The summed E-state index contributed by atoms with van der Waals surface area (Å²) in [4.78, 5) is 24.1. The van der Waals surface area contributed by atoms with Crippen LogP contribution in [0.2, 0.25) is 0 Å². The smallest absolute Gasteiger partial charge is 0.249 e. The van der Waals surface area contributed by atoms with Crippen molar-refractivity contribution in [1.82, 2.24) is 15.0 Å². The molecular weight excluding hydrogens is 312 g/mol. The number of nitrogens with zero attached hydrogens (tertiary/aromatic N) is 2. The minimum atomic E-state index is -0.409. The number of nitrogens with two attached hydrogens (primary N) is 1. The zero-order valence-corrected chi connectivity index (χ0v) is 13.3. The van der Waals surface area contributed by atoms with E-state index >= 15 is 0 Å². The number of nitrogens with one attached hydrogen (secondary N) is 1. The number of carbonyl (C=O) groups is 1. The van der Waals surface area contributed by atoms with Crippen LogP contribution in [0.3, 0.4) is 0 Å². The van der Waals surface area contributed by atoms with Gasteiger partial charge in [-0.2, -0.15) is 0 Å². The molecule has 2 aromatic heterocycles. The Bertz CT molecular complexity index is 1130. The summed E-state index contributed by atoms with van der Waals surface area (Å²) in [6.45, 7) is 0. The lowest BCUT2D eigenvalue weighted by Gasteiger charge is -2.10. The van der Waals surface area contributed by atoms with Gasteiger partial charge in [0.25, 0.3) is 0 Å². The Morgan fingerprint density at radius 3 is 2.64 bits per heavy atom. The van der Waals surface area contributed by atoms with Crippen molar-refractivity contribution in [2.45, 2.75) is 6.42 Å². The maximum Gasteiger partial charge on any atom is 0.249 e. The second-order valence-electron chi connectivity index (χ2n) is 6.20. The molecule has 5 rings (SSSR count). The van der Waals surface area contributed by atoms with Gasteiger partial charge in [0.1, 0.15) is 5.82 Å². The number of H-pyrrole nitrogens is 1. The first-order chi connectivity index (χ1) is 12.2. The third-order valence-corrected chi connectivity index (χ3v) is 4.74. The van der Waals surface area contributed by atoms with Crippen LogP contribution in [0.4, 0.5) is 0 Å². The van der Waals surface area contributed by atoms with E-state index in [4.69, 9.17) is 10.7 Å². The van der Waals surface area contributed by atoms with Crippen molar-refractivity contribution < 1.29 is 4.79 Å². The molecule has 0 saturated heterocycles. The maximum absolute atomic E-state index is 11.9. The largest absolute Gasteiger partial charge is 0.366 e. The van der Waals surface area contributed by atoms with Crippen molar-refractivity contribution in [2.75, 3.05) is 0 Å². The number of imidazole rings is 1. The lowest BCUT2D eigenvalue weighted by Crippen LogP contribution is -2.12. The SMILES string of the molecule is NC(=O)c1cccc2c1-c1c(cccc1-c1nc3ccncc3[nH]1)C2. The number of hydrogen-bond donors (Lipinski definition) is 2. The lowest BCUT2D eigenvalue weighted by molar-refractivity contribution is 0.100. The highest BCUT2D eigenvalue weighted by Crippen LogP contribution is 2.44. The third kappa shape index (κ3) is 1.99. The standard InChI is InChI=1S/C20H14N4O/c21-19(25)13-5-1-3-11-9-12-4-2-6-14(18(12)17(11)13)20-23-15-7-8-22-10-16(15)24-20/h1-8,10H,9H2,(H2,21,25)(H,23,24). The first-order valence-electron chi connectivity index (χ1n) is 8.06. The molecule has 1 aliphatic carbocycles. The van der Waals surface area contributed by atoms with Crippen LogP contribution in [0.5, 0.6) is 0 Å². The Morgan fingerprint density at radius 2 is 1.84 bits per heavy atom. The van der Waals surface area contributed by atoms with Gasteiger partial charge in [0.05, 0.1) is 17.2 Å². The molecule has 1 amide bonds. The Kier molecular flexibility index (Phi) is 2.79. The highest BCUT2D eigenvalue weighted by Gasteiger charge is 2.26. The van der Waals surface area contributed by atoms with Crippen molar-refractivity contribution >= 4 is 16.9 Å². The quantitative estimate of drug-likeness (QED) is 0.522. The number of primary amides is 1. The van der Waals surface area contributed by atoms with E-state index in [1.54, 1.807) is 18.5 Å². The van der Waals surface area contributed by atoms with Crippen molar-refractivity contribution in [3.05, 3.63) is 71.5 Å². The number of aromatic amines is 1. The Hall–Kier alpha value is -3.47. The molecule has 0 radical (unpaired) electrons. The number of rotatable bonds is 2. The van der Waals surface area contributed by atoms with E-state index in [1.165, 1.54) is 5.56 Å². The fraction of sp³-hybridized carbons (Fsp3) is 0.0500. The van der Waals surface area contributed by atoms with Crippen LogP contribution in [0, 0.1) is 0 Å². The summed E-state index contributed by atoms with van der Waals surface area (Å²) in [5, 5.41) is 0. The number of pyridine rings is 1. The molecule has 4 aromatic rings. The molecule has 120 valence electrons. The van der Waals surface area contributed by atoms with E-state index in [2.05, 4.69) is 16.0 Å². The topological polar surface area (TPSA) is 84.7 Å². The highest BCUT2D eigenvalue weighted by molar-refractivity contribution is 6.04. The fourth-order valence-electron chi connectivity index (χ4n) is 3.68. The number of fused-ring (bicyclic) bond motifs is 4. The van der Waals surface area contributed by atoms with E-state index in [1.807, 2.05) is 30.3 Å². The number of carbonyl (C=O) groups excluding carboxylic acids is 1. The van der Waals surface area contributed by atoms with E-state index in [9.17, 15) is 4.79 Å². The van der Waals surface area contributed by atoms with Crippen LogP contribution < -0.4 is 5.73 Å². The lowest BCUT2D eigenvalue weighted by atomic mass is 9.95. The average Bonchev–Trinajstić information content (AvgIpc) is 3.22. The fourth-order valence-corrected chi connectivity index (χ4v) is 3.68. The molecule has 0 saturated carbocycles. The summed E-state index contributed by atoms with van der Waals surface area (Å²) in [6.07, 6.45) is 4.28. The summed E-state index contributed by atoms with van der Waals surface area (Å²) in [7, 11) is 0. The van der Waals surface area contributed by atoms with Crippen LogP contribution in [-0.4, -0.2) is 20.9 Å². The number of aromatic nitrogens is 3. The molecule has 0 fully saturated rings. The molecule has 5 heteroatoms. The van der Waals surface area contributed by atoms with Gasteiger partial charge >= 0.3 is 0 Å². The average molecular weight is 326 g/mol. The van der Waals surface area contributed by atoms with Crippen LogP contribution in [-0.2, 0) is 6.42 Å². The Balaban J connectivity index is 1.81. The second-order valence-corrected chi connectivity index (χ2v) is 6.20. The van der Waals surface area contributed by atoms with Crippen molar-refractivity contribution in [3.8, 4) is 22.5 Å². The van der Waals surface area contributed by atoms with Gasteiger partial charge in [0.15, 0.2) is 0 Å². The van der Waals surface area contributed by atoms with E-state index in [-0.39, 0.29) is 0 Å². The molecule has 0 atom stereocenters. The monoisotopic (exact) mass is 326 g/mol. The zero-order chi connectivity index (χ0) is 17.0. The van der Waals surface area contributed by atoms with Gasteiger partial charge < -0.3 is 10.7 Å². The number of hydrogen-bond acceptors (Lipinski definition) is 3. The van der Waals surface area contributed by atoms with Gasteiger partial charge in [-0.3, -0.25) is 9.78 Å². The second kappa shape index (κ2) is 5.01. The van der Waals surface area contributed by atoms with Gasteiger partial charge in [-0.15, -0.1) is 0 Å². The Labute approximate surface area is 143 Å². The van der Waals surface area contributed by atoms with Gasteiger partial charge in [-0.25, -0.2) is 4.98 Å². The van der Waals surface area contributed by atoms with Crippen LogP contribution in [0.1, 0.15) is 21.5 Å². The Morgan fingerprint density at radius 1 is 1.04 bits per heavy atom. The molecule has 2 aromatic carbocycles. The van der Waals surface area contributed by atoms with Gasteiger partial charge in [0.2, 0.25) is 5.91 Å². The minimum absolute atomic E-state index is 0.409. The summed E-state index contributed by atoms with van der Waals surface area (Å²) in [5.41, 5.74) is 13.2. The summed E-state index contributed by atoms with van der Waals surface area (Å²) >= 11 is 0. The first kappa shape index (κ1) is 13.9. The minimum Gasteiger partial charge on any atom is -0.366 e. The highest BCUT2D eigenvalue weighted by atomic mass is 16.1. The predicted molar refractivity (Wildman–Crippen MR) is 96.1 cm³/mol. The van der Waals surface area contributed by atoms with Crippen molar-refractivity contribution in [1.29, 1.82) is 0 Å². The predicted octanol–water partition coefficient (Wildman–Crippen LogP) is 3.30. The molecule has 2 heterocycles. The number of amides is 1. The summed E-state index contributed by atoms with van der Waals surface area (Å²) < 4.78 is 0. The van der Waals surface area contributed by atoms with Crippen molar-refractivity contribution in [3.63, 3.8) is 0 Å². The van der Waals surface area contributed by atoms with Gasteiger partial charge in [-0.1, -0.05) is 30.3 Å². The zero-order valence-electron chi connectivity index (χ0n) is 13.3. The molecule has 3 N–H and O–H groups in total. The van der Waals surface area contributed by atoms with Crippen LogP contribution in [0.25, 0.3) is 33.5 Å². The van der Waals surface area contributed by atoms with Gasteiger partial charge in [0, 0.05) is 17.3 Å². The van der Waals surface area contributed by atoms with Crippen LogP contribution in [0.15, 0.2) is 54.9 Å². The molecular formula is C20H14N4O. The maximum atomic E-state index is 11.9. The summed E-state index contributed by atoms with van der Waals surface area (Å²) in [5.74, 6) is 0.361. The third-order valence-electron chi connectivity index (χ3n) is 4.74. The summed E-state index contributed by atoms with van der Waals surface area (Å²) in [6, 6.07) is 13.7. The molecule has 0 aliphatic heterocycles. The number of benzene rings is 2.